The molecule has 6 nitrogen and oxygen atoms in total. The first-order valence-electron chi connectivity index (χ1n) is 7.85. The number of amides is 1. The van der Waals surface area contributed by atoms with E-state index in [2.05, 4.69) is 4.98 Å². The molecule has 0 saturated carbocycles. The third-order valence-corrected chi connectivity index (χ3v) is 5.40. The number of benzene rings is 1. The van der Waals surface area contributed by atoms with Crippen molar-refractivity contribution in [2.45, 2.75) is 10.6 Å². The van der Waals surface area contributed by atoms with Gasteiger partial charge in [0.1, 0.15) is 0 Å². The molecular formula is C17H18N2O4S2. The lowest BCUT2D eigenvalue weighted by Crippen LogP contribution is -2.42. The van der Waals surface area contributed by atoms with Crippen LogP contribution in [0.25, 0.3) is 0 Å². The van der Waals surface area contributed by atoms with Gasteiger partial charge in [0.05, 0.1) is 30.0 Å². The summed E-state index contributed by atoms with van der Waals surface area (Å²) in [5.74, 6) is 0.00721. The van der Waals surface area contributed by atoms with Gasteiger partial charge in [0, 0.05) is 29.1 Å². The van der Waals surface area contributed by atoms with Crippen LogP contribution in [0.15, 0.2) is 40.1 Å². The van der Waals surface area contributed by atoms with Crippen molar-refractivity contribution in [2.75, 3.05) is 32.9 Å². The molecule has 0 spiro atoms. The quantitative estimate of drug-likeness (QED) is 0.568. The summed E-state index contributed by atoms with van der Waals surface area (Å²) >= 11 is 3.07. The van der Waals surface area contributed by atoms with Crippen molar-refractivity contribution in [1.82, 2.24) is 9.88 Å². The van der Waals surface area contributed by atoms with Crippen LogP contribution in [-0.2, 0) is 20.0 Å². The van der Waals surface area contributed by atoms with E-state index in [4.69, 9.17) is 9.47 Å². The number of thioether (sulfide) groups is 1. The molecule has 0 aliphatic carbocycles. The van der Waals surface area contributed by atoms with Gasteiger partial charge in [-0.05, 0) is 12.1 Å². The molecule has 0 bridgehead atoms. The number of thiazole rings is 1. The largest absolute Gasteiger partial charge is 0.452 e. The van der Waals surface area contributed by atoms with Gasteiger partial charge in [-0.2, -0.15) is 0 Å². The molecule has 132 valence electrons. The molecule has 0 atom stereocenters. The number of hydrogen-bond acceptors (Lipinski definition) is 7. The van der Waals surface area contributed by atoms with Gasteiger partial charge in [-0.25, -0.2) is 9.78 Å². The van der Waals surface area contributed by atoms with Gasteiger partial charge in [0.25, 0.3) is 5.91 Å². The molecule has 1 aliphatic heterocycles. The Hall–Kier alpha value is -1.90. The topological polar surface area (TPSA) is 68.7 Å². The summed E-state index contributed by atoms with van der Waals surface area (Å²) in [6.45, 7) is 1.88. The number of carbonyl (C=O) groups is 2. The van der Waals surface area contributed by atoms with Gasteiger partial charge < -0.3 is 14.4 Å². The minimum absolute atomic E-state index is 0.191. The first-order chi connectivity index (χ1) is 12.2. The van der Waals surface area contributed by atoms with Gasteiger partial charge in [-0.1, -0.05) is 12.1 Å². The zero-order valence-corrected chi connectivity index (χ0v) is 15.2. The van der Waals surface area contributed by atoms with Crippen LogP contribution in [0.3, 0.4) is 0 Å². The molecule has 2 heterocycles. The second-order valence-corrected chi connectivity index (χ2v) is 7.07. The fourth-order valence-electron chi connectivity index (χ4n) is 2.33. The summed E-state index contributed by atoms with van der Waals surface area (Å²) in [5.41, 5.74) is 3.23. The van der Waals surface area contributed by atoms with E-state index in [9.17, 15) is 9.59 Å². The van der Waals surface area contributed by atoms with Crippen molar-refractivity contribution in [3.63, 3.8) is 0 Å². The van der Waals surface area contributed by atoms with Crippen molar-refractivity contribution in [1.29, 1.82) is 0 Å². The van der Waals surface area contributed by atoms with Crippen LogP contribution >= 0.6 is 23.1 Å². The maximum atomic E-state index is 12.4. The first kappa shape index (κ1) is 17.9. The Morgan fingerprint density at radius 2 is 2.08 bits per heavy atom. The number of carbonyl (C=O) groups excluding carboxylic acids is 2. The Labute approximate surface area is 154 Å². The van der Waals surface area contributed by atoms with Crippen LogP contribution in [-0.4, -0.2) is 54.7 Å². The van der Waals surface area contributed by atoms with Crippen LogP contribution in [0.4, 0.5) is 0 Å². The molecule has 0 radical (unpaired) electrons. The Kier molecular flexibility index (Phi) is 6.43. The van der Waals surface area contributed by atoms with Crippen molar-refractivity contribution < 1.29 is 19.1 Å². The fourth-order valence-corrected chi connectivity index (χ4v) is 3.94. The standard InChI is InChI=1S/C17H18N2O4S2/c20-16(19-5-7-22-8-6-19)9-23-17(21)14-3-1-2-4-15(14)25-11-13-10-24-12-18-13/h1-4,10,12H,5-9,11H2. The van der Waals surface area contributed by atoms with E-state index < -0.39 is 5.97 Å². The van der Waals surface area contributed by atoms with Crippen molar-refractivity contribution in [3.8, 4) is 0 Å². The molecule has 1 aliphatic rings. The second-order valence-electron chi connectivity index (χ2n) is 5.33. The van der Waals surface area contributed by atoms with E-state index in [1.165, 1.54) is 11.8 Å². The lowest BCUT2D eigenvalue weighted by Gasteiger charge is -2.26. The monoisotopic (exact) mass is 378 g/mol. The SMILES string of the molecule is O=C(OCC(=O)N1CCOCC1)c1ccccc1SCc1cscn1. The van der Waals surface area contributed by atoms with Gasteiger partial charge in [0.2, 0.25) is 0 Å². The van der Waals surface area contributed by atoms with E-state index in [1.54, 1.807) is 33.9 Å². The third kappa shape index (κ3) is 5.04. The summed E-state index contributed by atoms with van der Waals surface area (Å²) in [7, 11) is 0. The molecule has 8 heteroatoms. The zero-order valence-electron chi connectivity index (χ0n) is 13.6. The highest BCUT2D eigenvalue weighted by Gasteiger charge is 2.20. The van der Waals surface area contributed by atoms with Gasteiger partial charge in [0.15, 0.2) is 6.61 Å². The molecular weight excluding hydrogens is 360 g/mol. The molecule has 2 aromatic rings. The summed E-state index contributed by atoms with van der Waals surface area (Å²) in [6, 6.07) is 7.24. The lowest BCUT2D eigenvalue weighted by atomic mass is 10.2. The highest BCUT2D eigenvalue weighted by atomic mass is 32.2. The second kappa shape index (κ2) is 8.98. The Morgan fingerprint density at radius 3 is 2.84 bits per heavy atom. The molecule has 25 heavy (non-hydrogen) atoms. The van der Waals surface area contributed by atoms with E-state index >= 15 is 0 Å². The number of nitrogens with zero attached hydrogens (tertiary/aromatic N) is 2. The molecule has 3 rings (SSSR count). The maximum Gasteiger partial charge on any atom is 0.339 e. The average molecular weight is 378 g/mol. The predicted octanol–water partition coefficient (Wildman–Crippen LogP) is 2.45. The Balaban J connectivity index is 1.56. The number of rotatable bonds is 6. The van der Waals surface area contributed by atoms with Crippen molar-refractivity contribution in [2.24, 2.45) is 0 Å². The summed E-state index contributed by atoms with van der Waals surface area (Å²) in [6.07, 6.45) is 0. The normalized spacial score (nSPS) is 14.3. The maximum absolute atomic E-state index is 12.4. The summed E-state index contributed by atoms with van der Waals surface area (Å²) < 4.78 is 10.4. The number of aromatic nitrogens is 1. The average Bonchev–Trinajstić information content (AvgIpc) is 3.18. The molecule has 0 unspecified atom stereocenters. The van der Waals surface area contributed by atoms with Crippen LogP contribution in [0.5, 0.6) is 0 Å². The minimum Gasteiger partial charge on any atom is -0.452 e. The smallest absolute Gasteiger partial charge is 0.339 e. The molecule has 1 fully saturated rings. The third-order valence-electron chi connectivity index (χ3n) is 3.66. The number of morpholine rings is 1. The van der Waals surface area contributed by atoms with E-state index in [1.807, 2.05) is 17.5 Å². The van der Waals surface area contributed by atoms with Gasteiger partial charge in [-0.3, -0.25) is 4.79 Å². The van der Waals surface area contributed by atoms with Crippen molar-refractivity contribution >= 4 is 35.0 Å². The fraction of sp³-hybridized carbons (Fsp3) is 0.353. The molecule has 1 saturated heterocycles. The molecule has 1 amide bonds. The molecule has 1 aromatic carbocycles. The Bertz CT molecular complexity index is 715. The summed E-state index contributed by atoms with van der Waals surface area (Å²) in [5, 5.41) is 1.98. The summed E-state index contributed by atoms with van der Waals surface area (Å²) in [4.78, 5) is 31.2. The van der Waals surface area contributed by atoms with Crippen LogP contribution in [0.2, 0.25) is 0 Å². The van der Waals surface area contributed by atoms with Crippen LogP contribution < -0.4 is 0 Å². The van der Waals surface area contributed by atoms with Gasteiger partial charge in [-0.15, -0.1) is 23.1 Å². The highest BCUT2D eigenvalue weighted by Crippen LogP contribution is 2.26. The van der Waals surface area contributed by atoms with E-state index in [0.29, 0.717) is 37.6 Å². The van der Waals surface area contributed by atoms with Gasteiger partial charge >= 0.3 is 5.97 Å². The predicted molar refractivity (Wildman–Crippen MR) is 95.8 cm³/mol. The first-order valence-corrected chi connectivity index (χ1v) is 9.78. The minimum atomic E-state index is -0.483. The van der Waals surface area contributed by atoms with E-state index in [0.717, 1.165) is 10.6 Å². The highest BCUT2D eigenvalue weighted by molar-refractivity contribution is 7.98. The molecule has 1 aromatic heterocycles. The number of ether oxygens (including phenoxy) is 2. The molecule has 0 N–H and O–H groups in total. The zero-order chi connectivity index (χ0) is 17.5. The van der Waals surface area contributed by atoms with Crippen LogP contribution in [0.1, 0.15) is 16.1 Å². The number of esters is 1. The lowest BCUT2D eigenvalue weighted by molar-refractivity contribution is -0.138. The number of hydrogen-bond donors (Lipinski definition) is 0. The van der Waals surface area contributed by atoms with Crippen molar-refractivity contribution in [3.05, 3.63) is 46.4 Å². The van der Waals surface area contributed by atoms with E-state index in [-0.39, 0.29) is 12.5 Å². The Morgan fingerprint density at radius 1 is 1.28 bits per heavy atom. The van der Waals surface area contributed by atoms with Crippen LogP contribution in [0, 0.1) is 0 Å².